The van der Waals surface area contributed by atoms with Crippen LogP contribution < -0.4 is 4.90 Å². The van der Waals surface area contributed by atoms with Gasteiger partial charge < -0.3 is 4.90 Å². The van der Waals surface area contributed by atoms with Crippen molar-refractivity contribution < 1.29 is 14.4 Å². The van der Waals surface area contributed by atoms with Gasteiger partial charge in [-0.25, -0.2) is 0 Å². The number of carbonyl (C=O) groups is 3. The smallest absolute Gasteiger partial charge is 0.251 e. The highest BCUT2D eigenvalue weighted by molar-refractivity contribution is 6.11. The van der Waals surface area contributed by atoms with Crippen LogP contribution in [-0.4, -0.2) is 34.2 Å². The van der Waals surface area contributed by atoms with Crippen molar-refractivity contribution >= 4 is 23.4 Å². The molecule has 2 heterocycles. The summed E-state index contributed by atoms with van der Waals surface area (Å²) in [6, 6.07) is 27.5. The largest absolute Gasteiger partial charge is 0.305 e. The molecule has 5 nitrogen and oxygen atoms in total. The Kier molecular flexibility index (Phi) is 6.64. The number of fused-ring (bicyclic) bond motifs is 2. The molecule has 0 unspecified atom stereocenters. The van der Waals surface area contributed by atoms with Crippen LogP contribution in [-0.2, 0) is 26.2 Å². The van der Waals surface area contributed by atoms with Crippen LogP contribution in [0, 0.1) is 11.8 Å². The highest BCUT2D eigenvalue weighted by Gasteiger charge is 2.55. The molecule has 3 aromatic rings. The molecule has 1 saturated carbocycles. The molecular weight excluding hydrogens is 496 g/mol. The van der Waals surface area contributed by atoms with E-state index in [0.717, 1.165) is 42.5 Å². The summed E-state index contributed by atoms with van der Waals surface area (Å²) in [6.45, 7) is 6.47. The SMILES string of the molecule is CC1(C)C[C@](C)(c2ccccc2)c2ccccc2N1C(=O)[C@H](Cc1ccccc1)N1C(=O)[C@H]2CCCC[C@@H]2C1=O. The van der Waals surface area contributed by atoms with E-state index in [4.69, 9.17) is 0 Å². The van der Waals surface area contributed by atoms with E-state index in [-0.39, 0.29) is 35.0 Å². The molecule has 0 N–H and O–H groups in total. The second-order valence-electron chi connectivity index (χ2n) is 12.6. The van der Waals surface area contributed by atoms with E-state index < -0.39 is 11.6 Å². The first kappa shape index (κ1) is 26.5. The number of para-hydroxylation sites is 1. The average Bonchev–Trinajstić information content (AvgIpc) is 3.21. The number of imide groups is 1. The zero-order valence-corrected chi connectivity index (χ0v) is 23.7. The molecule has 2 aliphatic heterocycles. The lowest BCUT2D eigenvalue weighted by Crippen LogP contribution is -2.61. The summed E-state index contributed by atoms with van der Waals surface area (Å²) in [7, 11) is 0. The van der Waals surface area contributed by atoms with Gasteiger partial charge >= 0.3 is 0 Å². The topological polar surface area (TPSA) is 57.7 Å². The predicted octanol–water partition coefficient (Wildman–Crippen LogP) is 6.29. The molecule has 0 bridgehead atoms. The van der Waals surface area contributed by atoms with Crippen molar-refractivity contribution in [3.05, 3.63) is 102 Å². The number of benzene rings is 3. The van der Waals surface area contributed by atoms with Gasteiger partial charge in [0.15, 0.2) is 0 Å². The number of amides is 3. The van der Waals surface area contributed by atoms with Gasteiger partial charge in [0.2, 0.25) is 11.8 Å². The van der Waals surface area contributed by atoms with Crippen LogP contribution in [0.2, 0.25) is 0 Å². The van der Waals surface area contributed by atoms with E-state index in [1.54, 1.807) is 0 Å². The number of anilines is 1. The summed E-state index contributed by atoms with van der Waals surface area (Å²) in [5.74, 6) is -1.11. The van der Waals surface area contributed by atoms with Gasteiger partial charge in [-0.1, -0.05) is 98.6 Å². The van der Waals surface area contributed by atoms with Crippen molar-refractivity contribution in [2.75, 3.05) is 4.90 Å². The number of rotatable bonds is 5. The zero-order chi connectivity index (χ0) is 28.1. The van der Waals surface area contributed by atoms with E-state index in [1.807, 2.05) is 59.5 Å². The van der Waals surface area contributed by atoms with Crippen molar-refractivity contribution in [3.63, 3.8) is 0 Å². The minimum atomic E-state index is -0.888. The molecule has 1 aliphatic carbocycles. The lowest BCUT2D eigenvalue weighted by atomic mass is 9.65. The van der Waals surface area contributed by atoms with E-state index in [2.05, 4.69) is 51.1 Å². The van der Waals surface area contributed by atoms with Crippen LogP contribution in [0.1, 0.15) is 69.6 Å². The first-order valence-corrected chi connectivity index (χ1v) is 14.6. The van der Waals surface area contributed by atoms with Gasteiger partial charge in [0.25, 0.3) is 5.91 Å². The molecule has 40 heavy (non-hydrogen) atoms. The first-order chi connectivity index (χ1) is 19.2. The molecule has 3 aromatic carbocycles. The number of hydrogen-bond acceptors (Lipinski definition) is 3. The van der Waals surface area contributed by atoms with Gasteiger partial charge in [0.05, 0.1) is 11.8 Å². The standard InChI is InChI=1S/C35H38N2O3/c1-34(2)23-35(3,25-16-8-5-9-17-25)28-20-12-13-21-29(28)37(34)33(40)30(22-24-14-6-4-7-15-24)36-31(38)26-18-10-11-19-27(26)32(36)39/h4-9,12-17,20-21,26-27,30H,10-11,18-19,22-23H2,1-3H3/t26-,27-,30-,35+/m0/s1. The quantitative estimate of drug-likeness (QED) is 0.361. The Bertz CT molecular complexity index is 1410. The lowest BCUT2D eigenvalue weighted by molar-refractivity contribution is -0.147. The van der Waals surface area contributed by atoms with Gasteiger partial charge in [-0.2, -0.15) is 0 Å². The third-order valence-electron chi connectivity index (χ3n) is 9.51. The van der Waals surface area contributed by atoms with Crippen molar-refractivity contribution in [1.82, 2.24) is 4.90 Å². The van der Waals surface area contributed by atoms with Crippen LogP contribution in [0.15, 0.2) is 84.9 Å². The van der Waals surface area contributed by atoms with Crippen molar-refractivity contribution in [3.8, 4) is 0 Å². The minimum absolute atomic E-state index is 0.166. The number of hydrogen-bond donors (Lipinski definition) is 0. The zero-order valence-electron chi connectivity index (χ0n) is 23.7. The van der Waals surface area contributed by atoms with Crippen LogP contribution >= 0.6 is 0 Å². The monoisotopic (exact) mass is 534 g/mol. The fourth-order valence-electron chi connectivity index (χ4n) is 7.75. The Balaban J connectivity index is 1.46. The Hall–Kier alpha value is -3.73. The van der Waals surface area contributed by atoms with E-state index in [0.29, 0.717) is 12.8 Å². The van der Waals surface area contributed by atoms with Crippen molar-refractivity contribution in [1.29, 1.82) is 0 Å². The Morgan fingerprint density at radius 2 is 1.35 bits per heavy atom. The van der Waals surface area contributed by atoms with Gasteiger partial charge in [0, 0.05) is 23.1 Å². The van der Waals surface area contributed by atoms with E-state index in [1.165, 1.54) is 10.5 Å². The molecule has 0 aromatic heterocycles. The fraction of sp³-hybridized carbons (Fsp3) is 0.400. The van der Waals surface area contributed by atoms with Crippen LogP contribution in [0.25, 0.3) is 0 Å². The van der Waals surface area contributed by atoms with Crippen molar-refractivity contribution in [2.24, 2.45) is 11.8 Å². The summed E-state index contributed by atoms with van der Waals surface area (Å²) >= 11 is 0. The molecule has 5 heteroatoms. The molecule has 6 rings (SSSR count). The molecule has 206 valence electrons. The summed E-state index contributed by atoms with van der Waals surface area (Å²) < 4.78 is 0. The summed E-state index contributed by atoms with van der Waals surface area (Å²) in [4.78, 5) is 45.7. The molecular formula is C35H38N2O3. The maximum atomic E-state index is 14.9. The van der Waals surface area contributed by atoms with Gasteiger partial charge in [-0.3, -0.25) is 19.3 Å². The minimum Gasteiger partial charge on any atom is -0.305 e. The normalized spacial score (nSPS) is 26.3. The Morgan fingerprint density at radius 1 is 0.800 bits per heavy atom. The van der Waals surface area contributed by atoms with Gasteiger partial charge in [-0.15, -0.1) is 0 Å². The molecule has 1 saturated heterocycles. The number of likely N-dealkylation sites (tertiary alicyclic amines) is 1. The Morgan fingerprint density at radius 3 is 1.98 bits per heavy atom. The van der Waals surface area contributed by atoms with Gasteiger partial charge in [-0.05, 0) is 55.9 Å². The molecule has 3 amide bonds. The fourth-order valence-corrected chi connectivity index (χ4v) is 7.75. The first-order valence-electron chi connectivity index (χ1n) is 14.6. The molecule has 0 spiro atoms. The summed E-state index contributed by atoms with van der Waals surface area (Å²) in [6.07, 6.45) is 4.38. The average molecular weight is 535 g/mol. The van der Waals surface area contributed by atoms with Gasteiger partial charge in [0.1, 0.15) is 6.04 Å². The van der Waals surface area contributed by atoms with Crippen LogP contribution in [0.3, 0.4) is 0 Å². The van der Waals surface area contributed by atoms with Crippen molar-refractivity contribution in [2.45, 2.75) is 76.3 Å². The molecule has 4 atom stereocenters. The highest BCUT2D eigenvalue weighted by Crippen LogP contribution is 2.51. The second-order valence-corrected chi connectivity index (χ2v) is 12.6. The Labute approximate surface area is 237 Å². The van der Waals surface area contributed by atoms with E-state index in [9.17, 15) is 14.4 Å². The van der Waals surface area contributed by atoms with Crippen LogP contribution in [0.5, 0.6) is 0 Å². The van der Waals surface area contributed by atoms with Crippen LogP contribution in [0.4, 0.5) is 5.69 Å². The molecule has 2 fully saturated rings. The number of nitrogens with zero attached hydrogens (tertiary/aromatic N) is 2. The lowest BCUT2D eigenvalue weighted by Gasteiger charge is -2.52. The highest BCUT2D eigenvalue weighted by atomic mass is 16.2. The summed E-state index contributed by atoms with van der Waals surface area (Å²) in [5.41, 5.74) is 3.21. The maximum Gasteiger partial charge on any atom is 0.251 e. The van der Waals surface area contributed by atoms with E-state index >= 15 is 0 Å². The number of carbonyl (C=O) groups excluding carboxylic acids is 3. The second kappa shape index (κ2) is 10.0. The molecule has 0 radical (unpaired) electrons. The summed E-state index contributed by atoms with van der Waals surface area (Å²) in [5, 5.41) is 0. The predicted molar refractivity (Wildman–Crippen MR) is 157 cm³/mol. The maximum absolute atomic E-state index is 14.9. The molecule has 3 aliphatic rings. The third-order valence-corrected chi connectivity index (χ3v) is 9.51. The third kappa shape index (κ3) is 4.27.